The molecule has 0 aliphatic carbocycles. The zero-order chi connectivity index (χ0) is 20.0. The number of carboxylic acids is 2. The lowest BCUT2D eigenvalue weighted by Crippen LogP contribution is -2.21. The summed E-state index contributed by atoms with van der Waals surface area (Å²) >= 11 is 0. The number of aromatic nitrogens is 1. The Balaban J connectivity index is 0.000000279. The minimum atomic E-state index is -1.26. The number of ether oxygens (including phenoxy) is 1. The zero-order valence-corrected chi connectivity index (χ0v) is 15.1. The molecule has 0 aliphatic heterocycles. The van der Waals surface area contributed by atoms with Crippen molar-refractivity contribution in [2.24, 2.45) is 5.73 Å². The third kappa shape index (κ3) is 5.32. The number of carbonyl (C=O) groups is 2. The Kier molecular flexibility index (Phi) is 6.56. The summed E-state index contributed by atoms with van der Waals surface area (Å²) in [6, 6.07) is 12.8. The molecule has 3 aromatic rings. The fraction of sp³-hybridized carbons (Fsp3) is 0.200. The van der Waals surface area contributed by atoms with Gasteiger partial charge in [0, 0.05) is 41.7 Å². The summed E-state index contributed by atoms with van der Waals surface area (Å²) in [7, 11) is 1.70. The smallest absolute Gasteiger partial charge is 0.328 e. The van der Waals surface area contributed by atoms with Crippen molar-refractivity contribution in [3.63, 3.8) is 0 Å². The molecule has 1 atom stereocenters. The van der Waals surface area contributed by atoms with Gasteiger partial charge in [0.1, 0.15) is 5.75 Å². The van der Waals surface area contributed by atoms with E-state index in [9.17, 15) is 9.59 Å². The third-order valence-electron chi connectivity index (χ3n) is 3.81. The number of nitrogens with zero attached hydrogens (tertiary/aromatic N) is 1. The van der Waals surface area contributed by atoms with Crippen molar-refractivity contribution in [3.05, 3.63) is 54.7 Å². The van der Waals surface area contributed by atoms with E-state index in [-0.39, 0.29) is 6.04 Å². The Labute approximate surface area is 156 Å². The number of fused-ring (bicyclic) bond motifs is 3. The van der Waals surface area contributed by atoms with Gasteiger partial charge >= 0.3 is 11.9 Å². The van der Waals surface area contributed by atoms with Gasteiger partial charge in [0.05, 0.1) is 12.6 Å². The van der Waals surface area contributed by atoms with Crippen molar-refractivity contribution in [1.29, 1.82) is 0 Å². The first-order valence-corrected chi connectivity index (χ1v) is 8.27. The third-order valence-corrected chi connectivity index (χ3v) is 3.81. The van der Waals surface area contributed by atoms with E-state index >= 15 is 0 Å². The van der Waals surface area contributed by atoms with E-state index in [1.54, 1.807) is 7.11 Å². The molecule has 0 aliphatic rings. The molecule has 1 aromatic heterocycles. The molecule has 3 rings (SSSR count). The first-order valence-electron chi connectivity index (χ1n) is 8.27. The van der Waals surface area contributed by atoms with Crippen LogP contribution in [0, 0.1) is 0 Å². The van der Waals surface area contributed by atoms with E-state index < -0.39 is 11.9 Å². The molecule has 27 heavy (non-hydrogen) atoms. The average molecular weight is 370 g/mol. The molecule has 0 amide bonds. The van der Waals surface area contributed by atoms with Crippen LogP contribution in [0.5, 0.6) is 5.75 Å². The fourth-order valence-electron chi connectivity index (χ4n) is 2.73. The van der Waals surface area contributed by atoms with Crippen molar-refractivity contribution in [2.45, 2.75) is 19.5 Å². The lowest BCUT2D eigenvalue weighted by Gasteiger charge is -2.11. The largest absolute Gasteiger partial charge is 0.497 e. The second kappa shape index (κ2) is 8.86. The van der Waals surface area contributed by atoms with Crippen LogP contribution < -0.4 is 10.5 Å². The van der Waals surface area contributed by atoms with Gasteiger partial charge in [0.2, 0.25) is 0 Å². The highest BCUT2D eigenvalue weighted by atomic mass is 16.5. The van der Waals surface area contributed by atoms with Crippen LogP contribution in [0.4, 0.5) is 0 Å². The number of hydrogen-bond acceptors (Lipinski definition) is 4. The van der Waals surface area contributed by atoms with Gasteiger partial charge in [-0.25, -0.2) is 9.59 Å². The van der Waals surface area contributed by atoms with E-state index in [1.165, 1.54) is 21.7 Å². The SMILES string of the molecule is COc1ccc2ccc3ccn(C[C@@H](C)N)c3c2c1.O=C(O)/C=C/C(=O)O. The Morgan fingerprint density at radius 3 is 2.26 bits per heavy atom. The first-order chi connectivity index (χ1) is 12.8. The monoisotopic (exact) mass is 370 g/mol. The van der Waals surface area contributed by atoms with E-state index in [4.69, 9.17) is 20.7 Å². The summed E-state index contributed by atoms with van der Waals surface area (Å²) in [5.41, 5.74) is 7.16. The maximum absolute atomic E-state index is 9.55. The summed E-state index contributed by atoms with van der Waals surface area (Å²) in [5, 5.41) is 19.3. The van der Waals surface area contributed by atoms with Crippen molar-refractivity contribution in [3.8, 4) is 5.75 Å². The molecular weight excluding hydrogens is 348 g/mol. The summed E-state index contributed by atoms with van der Waals surface area (Å²) in [6.07, 6.45) is 3.22. The molecule has 0 radical (unpaired) electrons. The molecule has 0 fully saturated rings. The van der Waals surface area contributed by atoms with Gasteiger partial charge in [-0.05, 0) is 30.5 Å². The lowest BCUT2D eigenvalue weighted by atomic mass is 10.1. The van der Waals surface area contributed by atoms with Crippen molar-refractivity contribution >= 4 is 33.6 Å². The minimum absolute atomic E-state index is 0.136. The maximum Gasteiger partial charge on any atom is 0.328 e. The van der Waals surface area contributed by atoms with Crippen LogP contribution in [-0.4, -0.2) is 39.9 Å². The molecule has 0 bridgehead atoms. The summed E-state index contributed by atoms with van der Waals surface area (Å²) in [4.78, 5) is 19.1. The topological polar surface area (TPSA) is 115 Å². The van der Waals surface area contributed by atoms with E-state index in [0.717, 1.165) is 12.3 Å². The lowest BCUT2D eigenvalue weighted by molar-refractivity contribution is -0.134. The van der Waals surface area contributed by atoms with Crippen LogP contribution >= 0.6 is 0 Å². The number of benzene rings is 2. The highest BCUT2D eigenvalue weighted by Crippen LogP contribution is 2.29. The van der Waals surface area contributed by atoms with Crippen LogP contribution in [0.15, 0.2) is 54.7 Å². The first kappa shape index (κ1) is 20.0. The Hall–Kier alpha value is -3.32. The molecular formula is C20H22N2O5. The van der Waals surface area contributed by atoms with Crippen molar-refractivity contribution in [1.82, 2.24) is 4.57 Å². The molecule has 0 spiro atoms. The van der Waals surface area contributed by atoms with Gasteiger partial charge in [-0.3, -0.25) is 0 Å². The number of nitrogens with two attached hydrogens (primary N) is 1. The van der Waals surface area contributed by atoms with Crippen LogP contribution in [0.3, 0.4) is 0 Å². The summed E-state index contributed by atoms with van der Waals surface area (Å²) in [5.74, 6) is -1.63. The molecule has 0 saturated carbocycles. The van der Waals surface area contributed by atoms with Crippen LogP contribution in [-0.2, 0) is 16.1 Å². The molecule has 2 aromatic carbocycles. The van der Waals surface area contributed by atoms with Gasteiger partial charge in [-0.15, -0.1) is 0 Å². The van der Waals surface area contributed by atoms with E-state index in [0.29, 0.717) is 12.2 Å². The van der Waals surface area contributed by atoms with Gasteiger partial charge in [0.25, 0.3) is 0 Å². The Morgan fingerprint density at radius 2 is 1.70 bits per heavy atom. The minimum Gasteiger partial charge on any atom is -0.497 e. The predicted octanol–water partition coefficient (Wildman–Crippen LogP) is 2.86. The second-order valence-electron chi connectivity index (χ2n) is 6.05. The van der Waals surface area contributed by atoms with Gasteiger partial charge < -0.3 is 25.3 Å². The van der Waals surface area contributed by atoms with Gasteiger partial charge in [-0.2, -0.15) is 0 Å². The van der Waals surface area contributed by atoms with Crippen molar-refractivity contribution in [2.75, 3.05) is 7.11 Å². The maximum atomic E-state index is 9.55. The Bertz CT molecular complexity index is 973. The zero-order valence-electron chi connectivity index (χ0n) is 15.1. The van der Waals surface area contributed by atoms with Crippen LogP contribution in [0.2, 0.25) is 0 Å². The Morgan fingerprint density at radius 1 is 1.11 bits per heavy atom. The number of methoxy groups -OCH3 is 1. The van der Waals surface area contributed by atoms with Crippen LogP contribution in [0.1, 0.15) is 6.92 Å². The standard InChI is InChI=1S/C16H18N2O.C4H4O4/c1-11(17)10-18-8-7-13-4-3-12-5-6-14(19-2)9-15(12)16(13)18;5-3(6)1-2-4(7)8/h3-9,11H,10,17H2,1-2H3;1-2H,(H,5,6)(H,7,8)/b;2-1+/t11-;/m1./s1. The molecule has 4 N–H and O–H groups in total. The normalized spacial score (nSPS) is 12.0. The van der Waals surface area contributed by atoms with Gasteiger partial charge in [0.15, 0.2) is 0 Å². The molecule has 7 nitrogen and oxygen atoms in total. The molecule has 7 heteroatoms. The molecule has 1 heterocycles. The number of hydrogen-bond donors (Lipinski definition) is 3. The highest BCUT2D eigenvalue weighted by molar-refractivity contribution is 6.06. The molecule has 0 unspecified atom stereocenters. The number of aliphatic carboxylic acids is 2. The fourth-order valence-corrected chi connectivity index (χ4v) is 2.73. The average Bonchev–Trinajstić information content (AvgIpc) is 3.02. The van der Waals surface area contributed by atoms with Crippen molar-refractivity contribution < 1.29 is 24.5 Å². The second-order valence-corrected chi connectivity index (χ2v) is 6.05. The number of carboxylic acid groups (broad SMARTS) is 2. The summed E-state index contributed by atoms with van der Waals surface area (Å²) in [6.45, 7) is 2.84. The van der Waals surface area contributed by atoms with Gasteiger partial charge in [-0.1, -0.05) is 18.2 Å². The summed E-state index contributed by atoms with van der Waals surface area (Å²) < 4.78 is 7.56. The van der Waals surface area contributed by atoms with Crippen LogP contribution in [0.25, 0.3) is 21.7 Å². The van der Waals surface area contributed by atoms with E-state index in [1.807, 2.05) is 13.0 Å². The van der Waals surface area contributed by atoms with E-state index in [2.05, 4.69) is 41.1 Å². The molecule has 142 valence electrons. The molecule has 0 saturated heterocycles. The predicted molar refractivity (Wildman–Crippen MR) is 104 cm³/mol. The quantitative estimate of drug-likeness (QED) is 0.595. The highest BCUT2D eigenvalue weighted by Gasteiger charge is 2.08. The number of rotatable bonds is 5.